The highest BCUT2D eigenvalue weighted by Crippen LogP contribution is 2.29. The van der Waals surface area contributed by atoms with Crippen LogP contribution in [0.1, 0.15) is 18.9 Å². The van der Waals surface area contributed by atoms with E-state index in [1.54, 1.807) is 0 Å². The summed E-state index contributed by atoms with van der Waals surface area (Å²) in [5, 5.41) is 2.43. The number of carbonyl (C=O) groups is 1. The Labute approximate surface area is 122 Å². The Morgan fingerprint density at radius 1 is 1.33 bits per heavy atom. The van der Waals surface area contributed by atoms with Gasteiger partial charge in [-0.2, -0.15) is 8.78 Å². The Hall–Kier alpha value is -1.56. The molecule has 1 heterocycles. The van der Waals surface area contributed by atoms with Gasteiger partial charge in [-0.3, -0.25) is 4.79 Å². The molecule has 1 aromatic rings. The van der Waals surface area contributed by atoms with Gasteiger partial charge in [-0.1, -0.05) is 6.92 Å². The molecule has 6 heteroatoms. The Morgan fingerprint density at radius 3 is 2.52 bits per heavy atom. The Balaban J connectivity index is 2.06. The second-order valence-corrected chi connectivity index (χ2v) is 5.69. The van der Waals surface area contributed by atoms with E-state index in [-0.39, 0.29) is 12.0 Å². The molecule has 2 atom stereocenters. The maximum Gasteiger partial charge on any atom is 0.349 e. The van der Waals surface area contributed by atoms with Crippen molar-refractivity contribution in [1.82, 2.24) is 10.2 Å². The third-order valence-electron chi connectivity index (χ3n) is 3.92. The molecule has 21 heavy (non-hydrogen) atoms. The summed E-state index contributed by atoms with van der Waals surface area (Å²) >= 11 is 0. The van der Waals surface area contributed by atoms with Crippen molar-refractivity contribution in [3.8, 4) is 0 Å². The van der Waals surface area contributed by atoms with Gasteiger partial charge in [0.05, 0.1) is 0 Å². The Morgan fingerprint density at radius 2 is 1.95 bits per heavy atom. The lowest BCUT2D eigenvalue weighted by atomic mass is 9.93. The number of rotatable bonds is 3. The van der Waals surface area contributed by atoms with E-state index >= 15 is 0 Å². The van der Waals surface area contributed by atoms with Crippen LogP contribution in [0.3, 0.4) is 0 Å². The Bertz CT molecular complexity index is 504. The van der Waals surface area contributed by atoms with Crippen LogP contribution in [0.4, 0.5) is 13.2 Å². The molecule has 116 valence electrons. The summed E-state index contributed by atoms with van der Waals surface area (Å²) in [6.07, 6.45) is 0.642. The quantitative estimate of drug-likeness (QED) is 0.929. The van der Waals surface area contributed by atoms with E-state index in [9.17, 15) is 18.0 Å². The first kappa shape index (κ1) is 15.8. The van der Waals surface area contributed by atoms with Gasteiger partial charge in [-0.05, 0) is 50.2 Å². The lowest BCUT2D eigenvalue weighted by Crippen LogP contribution is -2.52. The molecule has 0 radical (unpaired) electrons. The van der Waals surface area contributed by atoms with E-state index in [1.165, 1.54) is 0 Å². The van der Waals surface area contributed by atoms with Gasteiger partial charge < -0.3 is 10.2 Å². The number of nitrogens with zero attached hydrogens (tertiary/aromatic N) is 1. The minimum Gasteiger partial charge on any atom is -0.347 e. The van der Waals surface area contributed by atoms with Crippen molar-refractivity contribution in [2.24, 2.45) is 5.92 Å². The third kappa shape index (κ3) is 3.56. The lowest BCUT2D eigenvalue weighted by molar-refractivity contribution is -0.148. The highest BCUT2D eigenvalue weighted by atomic mass is 19.3. The van der Waals surface area contributed by atoms with Crippen LogP contribution in [0.2, 0.25) is 0 Å². The summed E-state index contributed by atoms with van der Waals surface area (Å²) < 4.78 is 41.0. The average Bonchev–Trinajstić information content (AvgIpc) is 2.42. The van der Waals surface area contributed by atoms with Gasteiger partial charge in [0.25, 0.3) is 5.91 Å². The maximum absolute atomic E-state index is 14.1. The highest BCUT2D eigenvalue weighted by molar-refractivity contribution is 5.85. The number of nitrogens with one attached hydrogen (secondary N) is 1. The molecule has 0 aliphatic carbocycles. The second-order valence-electron chi connectivity index (χ2n) is 5.69. The molecule has 0 unspecified atom stereocenters. The zero-order valence-corrected chi connectivity index (χ0v) is 12.1. The predicted molar refractivity (Wildman–Crippen MR) is 73.5 cm³/mol. The SMILES string of the molecule is C[C@H]1CN(C)CC[C@H]1NC(=O)C(F)(F)c1ccc(F)cc1. The lowest BCUT2D eigenvalue weighted by Gasteiger charge is -2.35. The maximum atomic E-state index is 14.1. The molecule has 1 aliphatic rings. The largest absolute Gasteiger partial charge is 0.349 e. The van der Waals surface area contributed by atoms with Gasteiger partial charge in [0.1, 0.15) is 5.82 Å². The number of alkyl halides is 2. The average molecular weight is 300 g/mol. The van der Waals surface area contributed by atoms with Crippen LogP contribution >= 0.6 is 0 Å². The third-order valence-corrected chi connectivity index (χ3v) is 3.92. The monoisotopic (exact) mass is 300 g/mol. The molecule has 0 bridgehead atoms. The van der Waals surface area contributed by atoms with Gasteiger partial charge in [-0.25, -0.2) is 4.39 Å². The molecule has 1 aromatic carbocycles. The van der Waals surface area contributed by atoms with E-state index in [2.05, 4.69) is 10.2 Å². The molecule has 0 saturated carbocycles. The standard InChI is InChI=1S/C15H19F3N2O/c1-10-9-20(2)8-7-13(10)19-14(21)15(17,18)11-3-5-12(16)6-4-11/h3-6,10,13H,7-9H2,1-2H3,(H,19,21)/t10-,13+/m0/s1. The molecular weight excluding hydrogens is 281 g/mol. The fraction of sp³-hybridized carbons (Fsp3) is 0.533. The van der Waals surface area contributed by atoms with E-state index < -0.39 is 23.2 Å². The minimum absolute atomic E-state index is 0.108. The fourth-order valence-electron chi connectivity index (χ4n) is 2.62. The molecular formula is C15H19F3N2O. The van der Waals surface area contributed by atoms with Crippen LogP contribution in [0, 0.1) is 11.7 Å². The number of benzene rings is 1. The van der Waals surface area contributed by atoms with Crippen LogP contribution in [-0.4, -0.2) is 37.0 Å². The van der Waals surface area contributed by atoms with Crippen molar-refractivity contribution in [2.75, 3.05) is 20.1 Å². The molecule has 0 aromatic heterocycles. The number of amides is 1. The molecule has 3 nitrogen and oxygen atoms in total. The van der Waals surface area contributed by atoms with Crippen molar-refractivity contribution >= 4 is 5.91 Å². The van der Waals surface area contributed by atoms with Crippen LogP contribution in [0.15, 0.2) is 24.3 Å². The number of halogens is 3. The van der Waals surface area contributed by atoms with Crippen LogP contribution in [0.25, 0.3) is 0 Å². The summed E-state index contributed by atoms with van der Waals surface area (Å²) in [5.74, 6) is -5.48. The van der Waals surface area contributed by atoms with E-state index in [0.717, 1.165) is 37.4 Å². The summed E-state index contributed by atoms with van der Waals surface area (Å²) in [6.45, 7) is 3.45. The van der Waals surface area contributed by atoms with E-state index in [4.69, 9.17) is 0 Å². The number of hydrogen-bond acceptors (Lipinski definition) is 2. The number of piperidine rings is 1. The van der Waals surface area contributed by atoms with Crippen molar-refractivity contribution in [3.05, 3.63) is 35.6 Å². The van der Waals surface area contributed by atoms with Crippen molar-refractivity contribution in [2.45, 2.75) is 25.3 Å². The molecule has 1 N–H and O–H groups in total. The second kappa shape index (κ2) is 6.05. The topological polar surface area (TPSA) is 32.3 Å². The van der Waals surface area contributed by atoms with Gasteiger partial charge in [0, 0.05) is 18.2 Å². The number of hydrogen-bond donors (Lipinski definition) is 1. The van der Waals surface area contributed by atoms with E-state index in [0.29, 0.717) is 6.42 Å². The van der Waals surface area contributed by atoms with Gasteiger partial charge in [0.2, 0.25) is 0 Å². The van der Waals surface area contributed by atoms with Crippen molar-refractivity contribution in [1.29, 1.82) is 0 Å². The summed E-state index contributed by atoms with van der Waals surface area (Å²) in [4.78, 5) is 14.0. The minimum atomic E-state index is -3.66. The Kier molecular flexibility index (Phi) is 4.56. The zero-order valence-electron chi connectivity index (χ0n) is 12.1. The number of likely N-dealkylation sites (tertiary alicyclic amines) is 1. The highest BCUT2D eigenvalue weighted by Gasteiger charge is 2.42. The molecule has 1 aliphatic heterocycles. The zero-order chi connectivity index (χ0) is 15.6. The predicted octanol–water partition coefficient (Wildman–Crippen LogP) is 2.37. The molecule has 2 rings (SSSR count). The summed E-state index contributed by atoms with van der Waals surface area (Å²) in [7, 11) is 1.96. The molecule has 1 fully saturated rings. The van der Waals surface area contributed by atoms with Gasteiger partial charge in [0.15, 0.2) is 0 Å². The fourth-order valence-corrected chi connectivity index (χ4v) is 2.62. The summed E-state index contributed by atoms with van der Waals surface area (Å²) in [5.41, 5.74) is -0.498. The van der Waals surface area contributed by atoms with Crippen molar-refractivity contribution in [3.63, 3.8) is 0 Å². The molecule has 1 saturated heterocycles. The van der Waals surface area contributed by atoms with Gasteiger partial charge >= 0.3 is 5.92 Å². The van der Waals surface area contributed by atoms with Crippen LogP contribution in [-0.2, 0) is 10.7 Å². The van der Waals surface area contributed by atoms with E-state index in [1.807, 2.05) is 14.0 Å². The van der Waals surface area contributed by atoms with Crippen LogP contribution < -0.4 is 5.32 Å². The molecule has 1 amide bonds. The summed E-state index contributed by atoms with van der Waals surface area (Å²) in [6, 6.07) is 3.46. The first-order chi connectivity index (χ1) is 9.80. The van der Waals surface area contributed by atoms with Crippen LogP contribution in [0.5, 0.6) is 0 Å². The first-order valence-corrected chi connectivity index (χ1v) is 6.94. The smallest absolute Gasteiger partial charge is 0.347 e. The van der Waals surface area contributed by atoms with Crippen molar-refractivity contribution < 1.29 is 18.0 Å². The first-order valence-electron chi connectivity index (χ1n) is 6.94. The normalized spacial score (nSPS) is 23.9. The number of carbonyl (C=O) groups excluding carboxylic acids is 1. The van der Waals surface area contributed by atoms with Gasteiger partial charge in [-0.15, -0.1) is 0 Å². The molecule has 0 spiro atoms.